The molecule has 36 heavy (non-hydrogen) atoms. The summed E-state index contributed by atoms with van der Waals surface area (Å²) in [6, 6.07) is 0. The van der Waals surface area contributed by atoms with E-state index in [-0.39, 0.29) is 42.8 Å². The average Bonchev–Trinajstić information content (AvgIpc) is 2.80. The minimum absolute atomic E-state index is 0. The zero-order valence-electron chi connectivity index (χ0n) is 22.9. The molecule has 0 fully saturated rings. The number of ether oxygens (including phenoxy) is 4. The molecule has 0 aromatic carbocycles. The minimum Gasteiger partial charge on any atom is -0.748 e. The minimum atomic E-state index is -4.60. The summed E-state index contributed by atoms with van der Waals surface area (Å²) in [5.74, 6) is -2.23. The Labute approximate surface area is 242 Å². The van der Waals surface area contributed by atoms with E-state index in [1.807, 2.05) is 0 Å². The largest absolute Gasteiger partial charge is 1.00 e. The molecule has 0 atom stereocenters. The van der Waals surface area contributed by atoms with Crippen LogP contribution in [0.5, 0.6) is 0 Å². The fourth-order valence-electron chi connectivity index (χ4n) is 3.39. The number of carbonyl (C=O) groups is 1. The van der Waals surface area contributed by atoms with E-state index in [2.05, 4.69) is 23.8 Å². The van der Waals surface area contributed by atoms with E-state index in [4.69, 9.17) is 14.2 Å². The van der Waals surface area contributed by atoms with Gasteiger partial charge in [-0.2, -0.15) is 0 Å². The molecule has 0 rings (SSSR count). The van der Waals surface area contributed by atoms with Gasteiger partial charge in [0.2, 0.25) is 0 Å². The first-order valence-electron chi connectivity index (χ1n) is 13.4. The Morgan fingerprint density at radius 3 is 1.56 bits per heavy atom. The van der Waals surface area contributed by atoms with E-state index < -0.39 is 21.8 Å². The monoisotopic (exact) mass is 544 g/mol. The summed E-state index contributed by atoms with van der Waals surface area (Å²) >= 11 is 0. The standard InChI is InChI=1S/C26H50O8S.Na/c1-2-3-4-5-6-7-8-9-10-11-12-13-14-15-16-17-18-31-19-20-32-21-22-33-23-24-34-26(27)25-35(28,29)30;/h9-10H,2-8,11-25H2,1H3,(H,28,29,30);/q;+1/p-1. The van der Waals surface area contributed by atoms with Gasteiger partial charge in [0.05, 0.1) is 33.0 Å². The van der Waals surface area contributed by atoms with Gasteiger partial charge in [-0.25, -0.2) is 8.42 Å². The molecule has 0 bridgehead atoms. The molecule has 0 aliphatic carbocycles. The van der Waals surface area contributed by atoms with E-state index in [9.17, 15) is 17.8 Å². The van der Waals surface area contributed by atoms with Crippen molar-refractivity contribution in [2.45, 2.75) is 96.8 Å². The second-order valence-corrected chi connectivity index (χ2v) is 10.1. The summed E-state index contributed by atoms with van der Waals surface area (Å²) < 4.78 is 51.8. The summed E-state index contributed by atoms with van der Waals surface area (Å²) in [6.07, 6.45) is 22.8. The Hall–Kier alpha value is 0. The van der Waals surface area contributed by atoms with Crippen molar-refractivity contribution in [1.29, 1.82) is 0 Å². The molecule has 8 nitrogen and oxygen atoms in total. The summed E-state index contributed by atoms with van der Waals surface area (Å²) in [5, 5.41) is 0. The third-order valence-electron chi connectivity index (χ3n) is 5.33. The maximum atomic E-state index is 11.0. The van der Waals surface area contributed by atoms with Crippen LogP contribution in [0.25, 0.3) is 0 Å². The van der Waals surface area contributed by atoms with Gasteiger partial charge < -0.3 is 23.5 Å². The fourth-order valence-corrected chi connectivity index (χ4v) is 3.77. The molecule has 0 aliphatic heterocycles. The molecule has 0 radical (unpaired) electrons. The zero-order valence-corrected chi connectivity index (χ0v) is 25.7. The van der Waals surface area contributed by atoms with Gasteiger partial charge in [0.25, 0.3) is 0 Å². The van der Waals surface area contributed by atoms with Crippen molar-refractivity contribution in [2.75, 3.05) is 52.0 Å². The van der Waals surface area contributed by atoms with Gasteiger partial charge in [0.15, 0.2) is 0 Å². The van der Waals surface area contributed by atoms with Gasteiger partial charge in [0, 0.05) is 6.61 Å². The number of unbranched alkanes of at least 4 members (excludes halogenated alkanes) is 12. The van der Waals surface area contributed by atoms with Crippen LogP contribution < -0.4 is 29.6 Å². The first kappa shape index (κ1) is 38.1. The summed E-state index contributed by atoms with van der Waals surface area (Å²) in [7, 11) is -4.60. The van der Waals surface area contributed by atoms with Gasteiger partial charge >= 0.3 is 35.5 Å². The molecule has 0 aromatic heterocycles. The van der Waals surface area contributed by atoms with Crippen molar-refractivity contribution in [3.05, 3.63) is 12.2 Å². The smallest absolute Gasteiger partial charge is 0.748 e. The maximum absolute atomic E-state index is 11.0. The molecule has 0 N–H and O–H groups in total. The number of esters is 1. The van der Waals surface area contributed by atoms with Crippen LogP contribution in [0.2, 0.25) is 0 Å². The number of carbonyl (C=O) groups excluding carboxylic acids is 1. The van der Waals surface area contributed by atoms with Crippen LogP contribution in [-0.4, -0.2) is 70.9 Å². The third kappa shape index (κ3) is 34.0. The predicted octanol–water partition coefficient (Wildman–Crippen LogP) is 2.17. The fraction of sp³-hybridized carbons (Fsp3) is 0.885. The summed E-state index contributed by atoms with van der Waals surface area (Å²) in [4.78, 5) is 11.0. The van der Waals surface area contributed by atoms with Gasteiger partial charge in [0.1, 0.15) is 22.5 Å². The van der Waals surface area contributed by atoms with Crippen LogP contribution in [0.4, 0.5) is 0 Å². The van der Waals surface area contributed by atoms with Crippen LogP contribution in [-0.2, 0) is 33.9 Å². The third-order valence-corrected chi connectivity index (χ3v) is 5.92. The van der Waals surface area contributed by atoms with E-state index in [1.165, 1.54) is 83.5 Å². The molecule has 0 saturated heterocycles. The van der Waals surface area contributed by atoms with Crippen molar-refractivity contribution < 1.29 is 66.3 Å². The second kappa shape index (κ2) is 29.6. The van der Waals surface area contributed by atoms with Crippen molar-refractivity contribution in [3.8, 4) is 0 Å². The molecule has 0 heterocycles. The Balaban J connectivity index is 0. The van der Waals surface area contributed by atoms with Gasteiger partial charge in [-0.3, -0.25) is 4.79 Å². The normalized spacial score (nSPS) is 11.6. The summed E-state index contributed by atoms with van der Waals surface area (Å²) in [5.41, 5.74) is 0. The van der Waals surface area contributed by atoms with Crippen LogP contribution in [0.1, 0.15) is 96.8 Å². The van der Waals surface area contributed by atoms with Crippen LogP contribution in [0.15, 0.2) is 12.2 Å². The number of hydrogen-bond donors (Lipinski definition) is 0. The van der Waals surface area contributed by atoms with Crippen LogP contribution >= 0.6 is 0 Å². The van der Waals surface area contributed by atoms with Crippen LogP contribution in [0, 0.1) is 0 Å². The van der Waals surface area contributed by atoms with E-state index in [0.29, 0.717) is 26.4 Å². The molecule has 0 aliphatic rings. The Morgan fingerprint density at radius 1 is 0.639 bits per heavy atom. The van der Waals surface area contributed by atoms with Gasteiger partial charge in [-0.15, -0.1) is 0 Å². The van der Waals surface area contributed by atoms with Crippen molar-refractivity contribution in [1.82, 2.24) is 0 Å². The molecule has 0 amide bonds. The average molecular weight is 545 g/mol. The van der Waals surface area contributed by atoms with Crippen molar-refractivity contribution >= 4 is 16.1 Å². The molecule has 0 saturated carbocycles. The molecule has 0 aromatic rings. The first-order valence-corrected chi connectivity index (χ1v) is 15.0. The molecule has 10 heteroatoms. The molecular weight excluding hydrogens is 495 g/mol. The molecular formula is C26H49NaO8S. The zero-order chi connectivity index (χ0) is 25.9. The van der Waals surface area contributed by atoms with Crippen molar-refractivity contribution in [2.24, 2.45) is 0 Å². The number of hydrogen-bond acceptors (Lipinski definition) is 8. The Morgan fingerprint density at radius 2 is 1.06 bits per heavy atom. The Bertz CT molecular complexity index is 599. The molecule has 0 spiro atoms. The quantitative estimate of drug-likeness (QED) is 0.0509. The van der Waals surface area contributed by atoms with E-state index in [1.54, 1.807) is 0 Å². The number of allylic oxidation sites excluding steroid dienone is 2. The topological polar surface area (TPSA) is 111 Å². The first-order chi connectivity index (χ1) is 17.0. The van der Waals surface area contributed by atoms with E-state index >= 15 is 0 Å². The Kier molecular flexibility index (Phi) is 31.3. The predicted molar refractivity (Wildman–Crippen MR) is 137 cm³/mol. The summed E-state index contributed by atoms with van der Waals surface area (Å²) in [6.45, 7) is 4.78. The van der Waals surface area contributed by atoms with Crippen LogP contribution in [0.3, 0.4) is 0 Å². The van der Waals surface area contributed by atoms with E-state index in [0.717, 1.165) is 13.0 Å². The molecule has 0 unspecified atom stereocenters. The number of rotatable bonds is 27. The van der Waals surface area contributed by atoms with Gasteiger partial charge in [-0.05, 0) is 32.1 Å². The SMILES string of the molecule is CCCCCCCCC=CCCCCCCCCOCCOCCOCCOC(=O)CS(=O)(=O)[O-].[Na+]. The second-order valence-electron chi connectivity index (χ2n) is 8.70. The van der Waals surface area contributed by atoms with Gasteiger partial charge in [-0.1, -0.05) is 76.9 Å². The van der Waals surface area contributed by atoms with Crippen molar-refractivity contribution in [3.63, 3.8) is 0 Å². The molecule has 208 valence electrons. The maximum Gasteiger partial charge on any atom is 1.00 e.